The monoisotopic (exact) mass is 369 g/mol. The van der Waals surface area contributed by atoms with Gasteiger partial charge in [-0.05, 0) is 30.3 Å². The molecule has 1 N–H and O–H groups in total. The Hall–Kier alpha value is -2.39. The molecule has 5 nitrogen and oxygen atoms in total. The Morgan fingerprint density at radius 2 is 1.96 bits per heavy atom. The summed E-state index contributed by atoms with van der Waals surface area (Å²) >= 11 is 1.15. The summed E-state index contributed by atoms with van der Waals surface area (Å²) < 4.78 is 65.9. The van der Waals surface area contributed by atoms with Crippen molar-refractivity contribution in [3.8, 4) is 11.5 Å². The molecule has 0 aliphatic carbocycles. The highest BCUT2D eigenvalue weighted by molar-refractivity contribution is 7.93. The van der Waals surface area contributed by atoms with E-state index >= 15 is 0 Å². The third kappa shape index (κ3) is 2.36. The maximum Gasteiger partial charge on any atom is 0.263 e. The molecule has 24 heavy (non-hydrogen) atoms. The summed E-state index contributed by atoms with van der Waals surface area (Å²) in [6.45, 7) is -0.125. The largest absolute Gasteiger partial charge is 0.454 e. The maximum absolute atomic E-state index is 14.1. The summed E-state index contributed by atoms with van der Waals surface area (Å²) in [6.07, 6.45) is 0. The topological polar surface area (TPSA) is 64.6 Å². The van der Waals surface area contributed by atoms with Gasteiger partial charge in [0.25, 0.3) is 10.0 Å². The summed E-state index contributed by atoms with van der Waals surface area (Å²) in [4.78, 5) is -0.127. The van der Waals surface area contributed by atoms with E-state index in [2.05, 4.69) is 4.72 Å². The van der Waals surface area contributed by atoms with Crippen LogP contribution in [-0.2, 0) is 10.0 Å². The van der Waals surface area contributed by atoms with Crippen molar-refractivity contribution in [1.82, 2.24) is 0 Å². The number of fused-ring (bicyclic) bond motifs is 2. The Morgan fingerprint density at radius 1 is 1.12 bits per heavy atom. The van der Waals surface area contributed by atoms with Gasteiger partial charge in [0.15, 0.2) is 17.3 Å². The molecule has 124 valence electrons. The molecule has 1 aromatic heterocycles. The molecular formula is C15H9F2NO4S2. The molecule has 2 heterocycles. The van der Waals surface area contributed by atoms with Crippen LogP contribution in [0, 0.1) is 11.6 Å². The number of hydrogen-bond donors (Lipinski definition) is 1. The van der Waals surface area contributed by atoms with Crippen molar-refractivity contribution >= 4 is 37.1 Å². The predicted octanol–water partition coefficient (Wildman–Crippen LogP) is 3.71. The van der Waals surface area contributed by atoms with Crippen LogP contribution in [0.1, 0.15) is 0 Å². The van der Waals surface area contributed by atoms with Crippen LogP contribution in [0.5, 0.6) is 11.5 Å². The quantitative estimate of drug-likeness (QED) is 0.764. The molecule has 1 aliphatic rings. The minimum absolute atomic E-state index is 0.00992. The molecule has 0 atom stereocenters. The first-order valence-corrected chi connectivity index (χ1v) is 9.10. The van der Waals surface area contributed by atoms with Gasteiger partial charge in [-0.1, -0.05) is 0 Å². The molecule has 0 radical (unpaired) electrons. The molecular weight excluding hydrogens is 360 g/mol. The van der Waals surface area contributed by atoms with Crippen LogP contribution < -0.4 is 14.2 Å². The molecule has 0 saturated carbocycles. The SMILES string of the molecule is O=S(=O)(Nc1c(F)ccc2c1OCO2)c1csc2ccc(F)cc12. The van der Waals surface area contributed by atoms with E-state index in [1.165, 1.54) is 23.6 Å². The smallest absolute Gasteiger partial charge is 0.263 e. The van der Waals surface area contributed by atoms with E-state index in [9.17, 15) is 17.2 Å². The first-order valence-electron chi connectivity index (χ1n) is 6.73. The summed E-state index contributed by atoms with van der Waals surface area (Å²) in [6, 6.07) is 6.30. The van der Waals surface area contributed by atoms with Crippen molar-refractivity contribution < 1.29 is 26.7 Å². The van der Waals surface area contributed by atoms with Gasteiger partial charge in [0.05, 0.1) is 0 Å². The van der Waals surface area contributed by atoms with Crippen molar-refractivity contribution in [2.24, 2.45) is 0 Å². The Labute approximate surface area is 139 Å². The van der Waals surface area contributed by atoms with Gasteiger partial charge >= 0.3 is 0 Å². The van der Waals surface area contributed by atoms with E-state index in [1.807, 2.05) is 0 Å². The van der Waals surface area contributed by atoms with E-state index in [4.69, 9.17) is 9.47 Å². The van der Waals surface area contributed by atoms with Crippen LogP contribution in [0.2, 0.25) is 0 Å². The van der Waals surface area contributed by atoms with E-state index in [0.29, 0.717) is 4.70 Å². The van der Waals surface area contributed by atoms with Gasteiger partial charge in [-0.15, -0.1) is 11.3 Å². The Balaban J connectivity index is 1.82. The fraction of sp³-hybridized carbons (Fsp3) is 0.0667. The molecule has 0 amide bonds. The second kappa shape index (κ2) is 5.32. The summed E-state index contributed by atoms with van der Waals surface area (Å²) in [5.74, 6) is -1.12. The predicted molar refractivity (Wildman–Crippen MR) is 85.1 cm³/mol. The van der Waals surface area contributed by atoms with Crippen LogP contribution in [0.25, 0.3) is 10.1 Å². The van der Waals surface area contributed by atoms with Crippen molar-refractivity contribution in [2.45, 2.75) is 4.90 Å². The zero-order valence-corrected chi connectivity index (χ0v) is 13.5. The third-order valence-electron chi connectivity index (χ3n) is 3.51. The molecule has 0 spiro atoms. The number of rotatable bonds is 3. The van der Waals surface area contributed by atoms with Gasteiger partial charge in [0.1, 0.15) is 16.4 Å². The second-order valence-electron chi connectivity index (χ2n) is 5.00. The highest BCUT2D eigenvalue weighted by Gasteiger charge is 2.27. The highest BCUT2D eigenvalue weighted by atomic mass is 32.2. The van der Waals surface area contributed by atoms with Gasteiger partial charge in [-0.2, -0.15) is 0 Å². The first-order chi connectivity index (χ1) is 11.5. The fourth-order valence-corrected chi connectivity index (χ4v) is 4.97. The normalized spacial score (nSPS) is 13.4. The molecule has 3 aromatic rings. The third-order valence-corrected chi connectivity index (χ3v) is 6.02. The molecule has 0 fully saturated rings. The molecule has 2 aromatic carbocycles. The fourth-order valence-electron chi connectivity index (χ4n) is 2.42. The van der Waals surface area contributed by atoms with Crippen LogP contribution in [-0.4, -0.2) is 15.2 Å². The van der Waals surface area contributed by atoms with Crippen LogP contribution in [0.3, 0.4) is 0 Å². The summed E-state index contributed by atoms with van der Waals surface area (Å²) in [7, 11) is -4.14. The Morgan fingerprint density at radius 3 is 2.79 bits per heavy atom. The number of halogens is 2. The number of benzene rings is 2. The number of hydrogen-bond acceptors (Lipinski definition) is 5. The number of anilines is 1. The molecule has 4 rings (SSSR count). The molecule has 1 aliphatic heterocycles. The lowest BCUT2D eigenvalue weighted by molar-refractivity contribution is 0.174. The van der Waals surface area contributed by atoms with Crippen LogP contribution >= 0.6 is 11.3 Å². The zero-order valence-electron chi connectivity index (χ0n) is 11.9. The minimum Gasteiger partial charge on any atom is -0.454 e. The van der Waals surface area contributed by atoms with Gasteiger partial charge in [0.2, 0.25) is 6.79 Å². The number of nitrogens with one attached hydrogen (secondary N) is 1. The van der Waals surface area contributed by atoms with Crippen molar-refractivity contribution in [2.75, 3.05) is 11.5 Å². The standard InChI is InChI=1S/C15H9F2NO4S2/c16-8-1-4-12-9(5-8)13(6-23-12)24(19,20)18-14-10(17)2-3-11-15(14)22-7-21-11/h1-6,18H,7H2. The van der Waals surface area contributed by atoms with Crippen LogP contribution in [0.15, 0.2) is 40.6 Å². The van der Waals surface area contributed by atoms with Gasteiger partial charge in [-0.3, -0.25) is 4.72 Å². The first kappa shape index (κ1) is 15.2. The minimum atomic E-state index is -4.14. The Bertz CT molecular complexity index is 1060. The number of ether oxygens (including phenoxy) is 2. The summed E-state index contributed by atoms with van der Waals surface area (Å²) in [5.41, 5.74) is -0.333. The lowest BCUT2D eigenvalue weighted by Gasteiger charge is -2.10. The molecule has 0 unspecified atom stereocenters. The lowest BCUT2D eigenvalue weighted by atomic mass is 10.2. The number of thiophene rings is 1. The van der Waals surface area contributed by atoms with Gasteiger partial charge < -0.3 is 9.47 Å². The average Bonchev–Trinajstić information content (AvgIpc) is 3.16. The maximum atomic E-state index is 14.1. The van der Waals surface area contributed by atoms with E-state index in [-0.39, 0.29) is 34.3 Å². The van der Waals surface area contributed by atoms with Crippen molar-refractivity contribution in [1.29, 1.82) is 0 Å². The summed E-state index contributed by atoms with van der Waals surface area (Å²) in [5, 5.41) is 1.61. The van der Waals surface area contributed by atoms with Gasteiger partial charge in [-0.25, -0.2) is 17.2 Å². The lowest BCUT2D eigenvalue weighted by Crippen LogP contribution is -2.14. The molecule has 0 bridgehead atoms. The Kier molecular flexibility index (Phi) is 3.36. The van der Waals surface area contributed by atoms with Gasteiger partial charge in [0, 0.05) is 15.5 Å². The van der Waals surface area contributed by atoms with E-state index in [0.717, 1.165) is 23.5 Å². The van der Waals surface area contributed by atoms with E-state index < -0.39 is 21.7 Å². The zero-order chi connectivity index (χ0) is 16.9. The second-order valence-corrected chi connectivity index (χ2v) is 7.56. The van der Waals surface area contributed by atoms with E-state index in [1.54, 1.807) is 0 Å². The highest BCUT2D eigenvalue weighted by Crippen LogP contribution is 2.42. The van der Waals surface area contributed by atoms with Crippen molar-refractivity contribution in [3.63, 3.8) is 0 Å². The number of sulfonamides is 1. The van der Waals surface area contributed by atoms with Crippen molar-refractivity contribution in [3.05, 3.63) is 47.3 Å². The van der Waals surface area contributed by atoms with Crippen LogP contribution in [0.4, 0.5) is 14.5 Å². The molecule has 0 saturated heterocycles. The average molecular weight is 369 g/mol. The molecule has 9 heteroatoms.